The number of nitrogens with one attached hydrogen (secondary N) is 1. The van der Waals surface area contributed by atoms with E-state index in [-0.39, 0.29) is 36.0 Å². The number of ether oxygens (including phenoxy) is 2. The number of rotatable bonds is 13. The molecule has 1 aliphatic carbocycles. The van der Waals surface area contributed by atoms with Gasteiger partial charge in [-0.25, -0.2) is 4.79 Å². The van der Waals surface area contributed by atoms with Gasteiger partial charge in [0.15, 0.2) is 0 Å². The van der Waals surface area contributed by atoms with E-state index in [1.165, 1.54) is 0 Å². The van der Waals surface area contributed by atoms with Crippen LogP contribution in [0.2, 0.25) is 0 Å². The molecule has 0 saturated heterocycles. The van der Waals surface area contributed by atoms with E-state index in [1.54, 1.807) is 25.2 Å². The number of allylic oxidation sites excluding steroid dienone is 2. The van der Waals surface area contributed by atoms with Crippen molar-refractivity contribution in [3.05, 3.63) is 36.0 Å². The number of amides is 1. The number of carbonyl (C=O) groups is 2. The maximum absolute atomic E-state index is 12.8. The number of esters is 1. The summed E-state index contributed by atoms with van der Waals surface area (Å²) in [6, 6.07) is 0. The second-order valence-corrected chi connectivity index (χ2v) is 14.2. The number of cyclic esters (lactones) is 1. The fourth-order valence-corrected chi connectivity index (χ4v) is 6.18. The van der Waals surface area contributed by atoms with Crippen molar-refractivity contribution in [3.8, 4) is 0 Å². The third kappa shape index (κ3) is 12.8. The summed E-state index contributed by atoms with van der Waals surface area (Å²) in [5.74, 6) is -0.927. The number of hydrogen-bond acceptors (Lipinski definition) is 9. The van der Waals surface area contributed by atoms with Gasteiger partial charge in [0.25, 0.3) is 0 Å². The summed E-state index contributed by atoms with van der Waals surface area (Å²) in [6.45, 7) is 12.6. The van der Waals surface area contributed by atoms with E-state index in [2.05, 4.69) is 5.32 Å². The van der Waals surface area contributed by atoms with Crippen molar-refractivity contribution in [2.45, 2.75) is 123 Å². The molecule has 5 N–H and O–H groups in total. The van der Waals surface area contributed by atoms with Crippen LogP contribution in [-0.4, -0.2) is 101 Å². The van der Waals surface area contributed by atoms with Gasteiger partial charge in [-0.1, -0.05) is 52.0 Å². The molecule has 1 aliphatic heterocycles. The number of alkyl carbamates (subject to hydrolysis) is 1. The van der Waals surface area contributed by atoms with Crippen molar-refractivity contribution in [2.24, 2.45) is 23.2 Å². The molecule has 0 spiro atoms. The first kappa shape index (κ1) is 38.9. The average Bonchev–Trinajstić information content (AvgIpc) is 3.66. The van der Waals surface area contributed by atoms with Gasteiger partial charge >= 0.3 is 12.1 Å². The minimum Gasteiger partial charge on any atom is -0.457 e. The molecule has 1 amide bonds. The largest absolute Gasteiger partial charge is 0.457 e. The molecular formula is C35H60N2O8. The number of hydrogen-bond donors (Lipinski definition) is 5. The lowest BCUT2D eigenvalue weighted by Crippen LogP contribution is -2.34. The van der Waals surface area contributed by atoms with Gasteiger partial charge in [-0.2, -0.15) is 0 Å². The van der Waals surface area contributed by atoms with Crippen LogP contribution in [0.15, 0.2) is 36.0 Å². The van der Waals surface area contributed by atoms with Crippen LogP contribution in [0.1, 0.15) is 86.5 Å². The van der Waals surface area contributed by atoms with Gasteiger partial charge in [0.1, 0.15) is 12.2 Å². The van der Waals surface area contributed by atoms with Crippen molar-refractivity contribution >= 4 is 12.1 Å². The molecule has 10 heteroatoms. The molecule has 10 atom stereocenters. The highest BCUT2D eigenvalue weighted by atomic mass is 16.6. The Labute approximate surface area is 270 Å². The SMILES string of the molecule is CCC(O)C1(C)CC1C(O)CC(C)(O)/C=C/C=C(\C)C1OC(=O)CC(O)CCC(C)C(OC(=O)NCCCN(C)C)/C=C/C1C. The second-order valence-electron chi connectivity index (χ2n) is 14.2. The summed E-state index contributed by atoms with van der Waals surface area (Å²) in [4.78, 5) is 27.4. The fraction of sp³-hybridized carbons (Fsp3) is 0.771. The Balaban J connectivity index is 2.14. The molecule has 1 saturated carbocycles. The summed E-state index contributed by atoms with van der Waals surface area (Å²) >= 11 is 0. The number of nitrogens with zero attached hydrogens (tertiary/aromatic N) is 1. The van der Waals surface area contributed by atoms with Crippen molar-refractivity contribution in [1.29, 1.82) is 0 Å². The molecule has 45 heavy (non-hydrogen) atoms. The highest BCUT2D eigenvalue weighted by Crippen LogP contribution is 2.58. The monoisotopic (exact) mass is 636 g/mol. The van der Waals surface area contributed by atoms with Gasteiger partial charge in [0.05, 0.1) is 30.3 Å². The van der Waals surface area contributed by atoms with Crippen LogP contribution in [0.25, 0.3) is 0 Å². The fourth-order valence-electron chi connectivity index (χ4n) is 6.18. The summed E-state index contributed by atoms with van der Waals surface area (Å²) < 4.78 is 11.6. The lowest BCUT2D eigenvalue weighted by atomic mass is 9.89. The molecule has 258 valence electrons. The van der Waals surface area contributed by atoms with E-state index >= 15 is 0 Å². The molecule has 10 unspecified atom stereocenters. The van der Waals surface area contributed by atoms with Gasteiger partial charge in [0, 0.05) is 18.9 Å². The zero-order valence-electron chi connectivity index (χ0n) is 28.7. The Kier molecular flexibility index (Phi) is 15.2. The summed E-state index contributed by atoms with van der Waals surface area (Å²) in [6.07, 6.45) is 8.08. The van der Waals surface area contributed by atoms with E-state index in [1.807, 2.05) is 65.8 Å². The molecule has 1 fully saturated rings. The zero-order valence-corrected chi connectivity index (χ0v) is 28.7. The maximum Gasteiger partial charge on any atom is 0.407 e. The molecule has 0 radical (unpaired) electrons. The van der Waals surface area contributed by atoms with E-state index < -0.39 is 48.2 Å². The molecule has 0 bridgehead atoms. The van der Waals surface area contributed by atoms with Gasteiger partial charge in [-0.3, -0.25) is 4.79 Å². The molecule has 2 rings (SSSR count). The highest BCUT2D eigenvalue weighted by molar-refractivity contribution is 5.70. The molecule has 10 nitrogen and oxygen atoms in total. The molecular weight excluding hydrogens is 576 g/mol. The first-order valence-corrected chi connectivity index (χ1v) is 16.6. The number of aliphatic hydroxyl groups is 4. The average molecular weight is 637 g/mol. The Bertz CT molecular complexity index is 1040. The molecule has 1 heterocycles. The van der Waals surface area contributed by atoms with Crippen LogP contribution in [0.5, 0.6) is 0 Å². The van der Waals surface area contributed by atoms with Gasteiger partial charge in [-0.15, -0.1) is 0 Å². The Morgan fingerprint density at radius 3 is 2.60 bits per heavy atom. The van der Waals surface area contributed by atoms with Crippen molar-refractivity contribution < 1.29 is 39.5 Å². The lowest BCUT2D eigenvalue weighted by Gasteiger charge is -2.27. The standard InChI is InChI=1S/C35H60N2O8/c1-9-30(40)35(6)21-27(35)28(39)22-34(5,43)17-10-12-24(3)32-25(4)14-16-29(44-33(42)36-18-11-19-37(7)8)23(2)13-15-26(38)20-31(41)45-32/h10,12,14,16-17,23,25-30,32,38-40,43H,9,11,13,15,18-22H2,1-8H3,(H,36,42)/b16-14+,17-10+,24-12+. The van der Waals surface area contributed by atoms with Gasteiger partial charge < -0.3 is 40.1 Å². The topological polar surface area (TPSA) is 149 Å². The molecule has 2 aliphatic rings. The highest BCUT2D eigenvalue weighted by Gasteiger charge is 2.57. The second kappa shape index (κ2) is 17.6. The number of aliphatic hydroxyl groups excluding tert-OH is 3. The van der Waals surface area contributed by atoms with Crippen LogP contribution < -0.4 is 5.32 Å². The van der Waals surface area contributed by atoms with Crippen molar-refractivity contribution in [2.75, 3.05) is 27.2 Å². The molecule has 0 aromatic carbocycles. The van der Waals surface area contributed by atoms with E-state index in [4.69, 9.17) is 9.47 Å². The predicted molar refractivity (Wildman–Crippen MR) is 175 cm³/mol. The van der Waals surface area contributed by atoms with Crippen LogP contribution in [0, 0.1) is 23.2 Å². The number of carbonyl (C=O) groups excluding carboxylic acids is 2. The normalized spacial score (nSPS) is 33.4. The van der Waals surface area contributed by atoms with Gasteiger partial charge in [0.2, 0.25) is 0 Å². The third-order valence-electron chi connectivity index (χ3n) is 9.40. The first-order valence-electron chi connectivity index (χ1n) is 16.6. The van der Waals surface area contributed by atoms with Crippen LogP contribution in [-0.2, 0) is 14.3 Å². The molecule has 0 aromatic rings. The minimum atomic E-state index is -1.29. The van der Waals surface area contributed by atoms with E-state index in [0.717, 1.165) is 25.0 Å². The first-order chi connectivity index (χ1) is 21.0. The van der Waals surface area contributed by atoms with Crippen molar-refractivity contribution in [3.63, 3.8) is 0 Å². The minimum absolute atomic E-state index is 0.0621. The van der Waals surface area contributed by atoms with Crippen LogP contribution in [0.4, 0.5) is 4.79 Å². The van der Waals surface area contributed by atoms with Gasteiger partial charge in [-0.05, 0) is 95.5 Å². The van der Waals surface area contributed by atoms with E-state index in [0.29, 0.717) is 25.8 Å². The van der Waals surface area contributed by atoms with Crippen LogP contribution >= 0.6 is 0 Å². The summed E-state index contributed by atoms with van der Waals surface area (Å²) in [5, 5.41) is 45.4. The third-order valence-corrected chi connectivity index (χ3v) is 9.40. The summed E-state index contributed by atoms with van der Waals surface area (Å²) in [7, 11) is 3.95. The van der Waals surface area contributed by atoms with Crippen molar-refractivity contribution in [1.82, 2.24) is 10.2 Å². The Morgan fingerprint density at radius 2 is 1.96 bits per heavy atom. The Morgan fingerprint density at radius 1 is 1.27 bits per heavy atom. The maximum atomic E-state index is 12.8. The molecule has 0 aromatic heterocycles. The summed E-state index contributed by atoms with van der Waals surface area (Å²) in [5.41, 5.74) is -0.884. The zero-order chi connectivity index (χ0) is 33.9. The smallest absolute Gasteiger partial charge is 0.407 e. The van der Waals surface area contributed by atoms with E-state index in [9.17, 15) is 30.0 Å². The predicted octanol–water partition coefficient (Wildman–Crippen LogP) is 4.12. The quantitative estimate of drug-likeness (QED) is 0.0871. The Hall–Kier alpha value is -2.24. The van der Waals surface area contributed by atoms with Crippen LogP contribution in [0.3, 0.4) is 0 Å². The lowest BCUT2D eigenvalue weighted by molar-refractivity contribution is -0.151.